The van der Waals surface area contributed by atoms with Crippen LogP contribution in [0.2, 0.25) is 0 Å². The van der Waals surface area contributed by atoms with E-state index in [0.717, 1.165) is 45.4 Å². The molecule has 0 aromatic carbocycles. The van der Waals surface area contributed by atoms with E-state index in [9.17, 15) is 0 Å². The first-order valence-electron chi connectivity index (χ1n) is 10.5. The second-order valence-corrected chi connectivity index (χ2v) is 9.14. The topological polar surface area (TPSA) is 58.1 Å². The molecule has 2 N–H and O–H groups in total. The van der Waals surface area contributed by atoms with Gasteiger partial charge in [-0.3, -0.25) is 9.89 Å². The second-order valence-electron chi connectivity index (χ2n) is 9.14. The standard InChI is InChI=1S/C20H36N4O2/c1-19(2,24-9-12-25-13-10-24)14-22-18(21-3)23-16-15-6-11-26-17(15)20(16)7-4-5-8-20/h15-17H,4-14H2,1-3H3,(H2,21,22,23). The van der Waals surface area contributed by atoms with Crippen LogP contribution in [-0.2, 0) is 9.47 Å². The van der Waals surface area contributed by atoms with E-state index in [4.69, 9.17) is 9.47 Å². The van der Waals surface area contributed by atoms with Crippen LogP contribution >= 0.6 is 0 Å². The third-order valence-electron chi connectivity index (χ3n) is 7.36. The number of guanidine groups is 1. The lowest BCUT2D eigenvalue weighted by atomic mass is 9.54. The largest absolute Gasteiger partial charge is 0.379 e. The van der Waals surface area contributed by atoms with Gasteiger partial charge in [0.05, 0.1) is 19.3 Å². The monoisotopic (exact) mass is 364 g/mol. The summed E-state index contributed by atoms with van der Waals surface area (Å²) in [6.07, 6.45) is 7.00. The molecular formula is C20H36N4O2. The molecule has 4 aliphatic rings. The van der Waals surface area contributed by atoms with Gasteiger partial charge in [0, 0.05) is 56.2 Å². The molecule has 6 nitrogen and oxygen atoms in total. The summed E-state index contributed by atoms with van der Waals surface area (Å²) in [6, 6.07) is 0.523. The molecule has 0 amide bonds. The third kappa shape index (κ3) is 3.14. The van der Waals surface area contributed by atoms with Crippen LogP contribution in [0.4, 0.5) is 0 Å². The van der Waals surface area contributed by atoms with Gasteiger partial charge in [0.2, 0.25) is 0 Å². The number of morpholine rings is 1. The van der Waals surface area contributed by atoms with Gasteiger partial charge in [-0.1, -0.05) is 12.8 Å². The van der Waals surface area contributed by atoms with Gasteiger partial charge >= 0.3 is 0 Å². The van der Waals surface area contributed by atoms with E-state index in [-0.39, 0.29) is 5.54 Å². The molecule has 0 radical (unpaired) electrons. The Balaban J connectivity index is 1.36. The molecule has 2 saturated carbocycles. The third-order valence-corrected chi connectivity index (χ3v) is 7.36. The molecule has 2 saturated heterocycles. The predicted molar refractivity (Wildman–Crippen MR) is 104 cm³/mol. The van der Waals surface area contributed by atoms with Gasteiger partial charge in [0.25, 0.3) is 0 Å². The highest BCUT2D eigenvalue weighted by Gasteiger charge is 2.65. The van der Waals surface area contributed by atoms with Crippen molar-refractivity contribution in [1.29, 1.82) is 0 Å². The molecule has 2 aliphatic carbocycles. The second kappa shape index (κ2) is 7.28. The summed E-state index contributed by atoms with van der Waals surface area (Å²) >= 11 is 0. The van der Waals surface area contributed by atoms with Crippen molar-refractivity contribution in [3.8, 4) is 0 Å². The zero-order chi connectivity index (χ0) is 18.2. The van der Waals surface area contributed by atoms with Gasteiger partial charge in [-0.05, 0) is 33.1 Å². The molecule has 2 heterocycles. The molecule has 1 spiro atoms. The number of ether oxygens (including phenoxy) is 2. The van der Waals surface area contributed by atoms with E-state index in [1.165, 1.54) is 32.1 Å². The van der Waals surface area contributed by atoms with E-state index in [1.807, 2.05) is 7.05 Å². The van der Waals surface area contributed by atoms with Crippen LogP contribution in [0, 0.1) is 11.3 Å². The molecule has 2 aliphatic heterocycles. The quantitative estimate of drug-likeness (QED) is 0.586. The predicted octanol–water partition coefficient (Wildman–Crippen LogP) is 1.61. The summed E-state index contributed by atoms with van der Waals surface area (Å²) in [4.78, 5) is 7.05. The number of nitrogens with zero attached hydrogens (tertiary/aromatic N) is 2. The van der Waals surface area contributed by atoms with Crippen LogP contribution in [-0.4, -0.2) is 75.0 Å². The van der Waals surface area contributed by atoms with Crippen LogP contribution in [0.25, 0.3) is 0 Å². The molecule has 4 fully saturated rings. The molecule has 3 unspecified atom stereocenters. The van der Waals surface area contributed by atoms with Gasteiger partial charge in [-0.2, -0.15) is 0 Å². The van der Waals surface area contributed by atoms with Crippen molar-refractivity contribution in [2.24, 2.45) is 16.3 Å². The van der Waals surface area contributed by atoms with E-state index in [2.05, 4.69) is 34.4 Å². The maximum atomic E-state index is 6.11. The van der Waals surface area contributed by atoms with Gasteiger partial charge in [0.15, 0.2) is 5.96 Å². The molecule has 0 aromatic heterocycles. The molecule has 4 rings (SSSR count). The number of hydrogen-bond donors (Lipinski definition) is 2. The number of fused-ring (bicyclic) bond motifs is 2. The summed E-state index contributed by atoms with van der Waals surface area (Å²) in [6.45, 7) is 10.1. The molecule has 148 valence electrons. The lowest BCUT2D eigenvalue weighted by Crippen LogP contribution is -2.69. The normalized spacial score (nSPS) is 34.6. The highest BCUT2D eigenvalue weighted by Crippen LogP contribution is 2.60. The fraction of sp³-hybridized carbons (Fsp3) is 0.950. The van der Waals surface area contributed by atoms with Crippen LogP contribution in [0.1, 0.15) is 46.0 Å². The number of hydrogen-bond acceptors (Lipinski definition) is 4. The molecule has 0 aromatic rings. The Morgan fingerprint density at radius 2 is 1.92 bits per heavy atom. The average molecular weight is 365 g/mol. The van der Waals surface area contributed by atoms with Crippen molar-refractivity contribution in [1.82, 2.24) is 15.5 Å². The van der Waals surface area contributed by atoms with Crippen molar-refractivity contribution in [2.75, 3.05) is 46.5 Å². The molecular weight excluding hydrogens is 328 g/mol. The van der Waals surface area contributed by atoms with Gasteiger partial charge in [0.1, 0.15) is 0 Å². The first-order valence-corrected chi connectivity index (χ1v) is 10.5. The fourth-order valence-corrected chi connectivity index (χ4v) is 5.83. The molecule has 26 heavy (non-hydrogen) atoms. The number of aliphatic imine (C=N–C) groups is 1. The minimum absolute atomic E-state index is 0.0884. The number of nitrogens with one attached hydrogen (secondary N) is 2. The van der Waals surface area contributed by atoms with Crippen molar-refractivity contribution < 1.29 is 9.47 Å². The van der Waals surface area contributed by atoms with Crippen molar-refractivity contribution in [2.45, 2.75) is 63.6 Å². The maximum absolute atomic E-state index is 6.11. The van der Waals surface area contributed by atoms with Gasteiger partial charge in [-0.15, -0.1) is 0 Å². The summed E-state index contributed by atoms with van der Waals surface area (Å²) in [5, 5.41) is 7.41. The van der Waals surface area contributed by atoms with E-state index in [0.29, 0.717) is 23.5 Å². The lowest BCUT2D eigenvalue weighted by Gasteiger charge is -2.57. The average Bonchev–Trinajstić information content (AvgIpc) is 3.31. The van der Waals surface area contributed by atoms with Crippen LogP contribution < -0.4 is 10.6 Å². The molecule has 6 heteroatoms. The van der Waals surface area contributed by atoms with E-state index >= 15 is 0 Å². The molecule has 3 atom stereocenters. The van der Waals surface area contributed by atoms with Crippen LogP contribution in [0.5, 0.6) is 0 Å². The zero-order valence-electron chi connectivity index (χ0n) is 16.7. The molecule has 0 bridgehead atoms. The van der Waals surface area contributed by atoms with Crippen molar-refractivity contribution in [3.05, 3.63) is 0 Å². The summed E-state index contributed by atoms with van der Waals surface area (Å²) in [5.74, 6) is 1.62. The lowest BCUT2D eigenvalue weighted by molar-refractivity contribution is -0.125. The van der Waals surface area contributed by atoms with Crippen molar-refractivity contribution in [3.63, 3.8) is 0 Å². The fourth-order valence-electron chi connectivity index (χ4n) is 5.83. The minimum Gasteiger partial charge on any atom is -0.379 e. The Hall–Kier alpha value is -0.850. The smallest absolute Gasteiger partial charge is 0.191 e. The van der Waals surface area contributed by atoms with Gasteiger partial charge in [-0.25, -0.2) is 0 Å². The first kappa shape index (κ1) is 18.5. The summed E-state index contributed by atoms with van der Waals surface area (Å²) in [5.41, 5.74) is 0.448. The van der Waals surface area contributed by atoms with E-state index < -0.39 is 0 Å². The Morgan fingerprint density at radius 1 is 1.19 bits per heavy atom. The Labute approximate surface area is 158 Å². The Kier molecular flexibility index (Phi) is 5.19. The summed E-state index contributed by atoms with van der Waals surface area (Å²) in [7, 11) is 1.89. The van der Waals surface area contributed by atoms with E-state index in [1.54, 1.807) is 0 Å². The minimum atomic E-state index is 0.0884. The maximum Gasteiger partial charge on any atom is 0.191 e. The SMILES string of the molecule is CN=C(NCC(C)(C)N1CCOCC1)NC1C2CCOC2C12CCCC2. The number of rotatable bonds is 4. The highest BCUT2D eigenvalue weighted by atomic mass is 16.5. The van der Waals surface area contributed by atoms with Crippen LogP contribution in [0.15, 0.2) is 4.99 Å². The summed E-state index contributed by atoms with van der Waals surface area (Å²) < 4.78 is 11.6. The Morgan fingerprint density at radius 3 is 2.62 bits per heavy atom. The highest BCUT2D eigenvalue weighted by molar-refractivity contribution is 5.80. The zero-order valence-corrected chi connectivity index (χ0v) is 16.7. The Bertz CT molecular complexity index is 524. The van der Waals surface area contributed by atoms with Crippen molar-refractivity contribution >= 4 is 5.96 Å². The first-order chi connectivity index (χ1) is 12.6. The van der Waals surface area contributed by atoms with Crippen LogP contribution in [0.3, 0.4) is 0 Å². The van der Waals surface area contributed by atoms with Gasteiger partial charge < -0.3 is 20.1 Å².